The number of nitrogens with one attached hydrogen (secondary N) is 1. The molecule has 1 aromatic rings. The van der Waals surface area contributed by atoms with Crippen LogP contribution in [0.25, 0.3) is 0 Å². The van der Waals surface area contributed by atoms with Crippen molar-refractivity contribution in [3.05, 3.63) is 28.3 Å². The van der Waals surface area contributed by atoms with Gasteiger partial charge in [-0.2, -0.15) is 0 Å². The van der Waals surface area contributed by atoms with Crippen molar-refractivity contribution in [3.63, 3.8) is 0 Å². The zero-order chi connectivity index (χ0) is 14.7. The normalized spacial score (nSPS) is 22.4. The lowest BCUT2D eigenvalue weighted by Gasteiger charge is -2.34. The van der Waals surface area contributed by atoms with E-state index in [1.165, 1.54) is 12.8 Å². The molecule has 0 aliphatic heterocycles. The molecule has 0 bridgehead atoms. The summed E-state index contributed by atoms with van der Waals surface area (Å²) >= 11 is 0. The fraction of sp³-hybridized carbons (Fsp3) is 0.571. The Hall–Kier alpha value is -1.82. The number of nitrogen functional groups attached to an aromatic ring is 1. The first-order chi connectivity index (χ1) is 9.54. The van der Waals surface area contributed by atoms with Crippen molar-refractivity contribution in [1.82, 2.24) is 0 Å². The average molecular weight is 278 g/mol. The summed E-state index contributed by atoms with van der Waals surface area (Å²) < 4.78 is 0. The maximum Gasteiger partial charge on any atom is 0.316 e. The van der Waals surface area contributed by atoms with E-state index in [0.717, 1.165) is 18.8 Å². The molecule has 0 radical (unpaired) electrons. The SMILES string of the molecule is CC1CCC(N(C)c2cccc(NN)c2[N+](=O)[O-])CC1. The molecule has 1 aromatic carbocycles. The van der Waals surface area contributed by atoms with Gasteiger partial charge in [-0.05, 0) is 43.7 Å². The standard InChI is InChI=1S/C14H22N4O2/c1-10-6-8-11(9-7-10)17(2)13-5-3-4-12(16-15)14(13)18(19)20/h3-5,10-11,16H,6-9,15H2,1-2H3. The third kappa shape index (κ3) is 2.85. The Balaban J connectivity index is 2.29. The molecule has 0 heterocycles. The summed E-state index contributed by atoms with van der Waals surface area (Å²) in [5, 5.41) is 11.3. The maximum absolute atomic E-state index is 11.3. The van der Waals surface area contributed by atoms with Crippen LogP contribution in [0.1, 0.15) is 32.6 Å². The Morgan fingerprint density at radius 3 is 2.55 bits per heavy atom. The largest absolute Gasteiger partial charge is 0.366 e. The van der Waals surface area contributed by atoms with Crippen molar-refractivity contribution in [3.8, 4) is 0 Å². The van der Waals surface area contributed by atoms with Crippen molar-refractivity contribution in [1.29, 1.82) is 0 Å². The van der Waals surface area contributed by atoms with E-state index in [4.69, 9.17) is 5.84 Å². The molecule has 3 N–H and O–H groups in total. The van der Waals surface area contributed by atoms with Crippen LogP contribution in [0.3, 0.4) is 0 Å². The van der Waals surface area contributed by atoms with Crippen molar-refractivity contribution in [2.45, 2.75) is 38.6 Å². The van der Waals surface area contributed by atoms with Gasteiger partial charge in [0.15, 0.2) is 0 Å². The summed E-state index contributed by atoms with van der Waals surface area (Å²) in [7, 11) is 1.93. The van der Waals surface area contributed by atoms with Crippen LogP contribution in [0.15, 0.2) is 18.2 Å². The number of anilines is 2. The highest BCUT2D eigenvalue weighted by Gasteiger charge is 2.28. The molecule has 1 saturated carbocycles. The molecule has 1 aliphatic carbocycles. The number of nitro benzene ring substituents is 1. The predicted octanol–water partition coefficient (Wildman–Crippen LogP) is 2.90. The quantitative estimate of drug-likeness (QED) is 0.502. The second kappa shape index (κ2) is 6.09. The number of nitro groups is 1. The minimum absolute atomic E-state index is 0.0520. The zero-order valence-corrected chi connectivity index (χ0v) is 12.0. The zero-order valence-electron chi connectivity index (χ0n) is 12.0. The minimum Gasteiger partial charge on any atom is -0.366 e. The van der Waals surface area contributed by atoms with E-state index in [1.807, 2.05) is 11.9 Å². The fourth-order valence-corrected chi connectivity index (χ4v) is 2.95. The molecule has 110 valence electrons. The number of benzene rings is 1. The van der Waals surface area contributed by atoms with E-state index in [1.54, 1.807) is 18.2 Å². The highest BCUT2D eigenvalue weighted by Crippen LogP contribution is 2.37. The van der Waals surface area contributed by atoms with Gasteiger partial charge in [0.05, 0.1) is 4.92 Å². The third-order valence-electron chi connectivity index (χ3n) is 4.27. The number of hydrazine groups is 1. The number of rotatable bonds is 4. The van der Waals surface area contributed by atoms with E-state index in [9.17, 15) is 10.1 Å². The first-order valence-electron chi connectivity index (χ1n) is 7.01. The Labute approximate surface area is 119 Å². The van der Waals surface area contributed by atoms with Gasteiger partial charge in [-0.25, -0.2) is 0 Å². The maximum atomic E-state index is 11.3. The average Bonchev–Trinajstić information content (AvgIpc) is 2.46. The lowest BCUT2D eigenvalue weighted by molar-refractivity contribution is -0.383. The highest BCUT2D eigenvalue weighted by molar-refractivity contribution is 5.76. The minimum atomic E-state index is -0.369. The summed E-state index contributed by atoms with van der Waals surface area (Å²) in [6.45, 7) is 2.26. The van der Waals surface area contributed by atoms with Gasteiger partial charge in [0.1, 0.15) is 11.4 Å². The smallest absolute Gasteiger partial charge is 0.316 e. The van der Waals surface area contributed by atoms with Crippen LogP contribution in [0.2, 0.25) is 0 Å². The number of hydrogen-bond acceptors (Lipinski definition) is 5. The second-order valence-electron chi connectivity index (χ2n) is 5.60. The molecule has 0 unspecified atom stereocenters. The van der Waals surface area contributed by atoms with Gasteiger partial charge in [0.25, 0.3) is 0 Å². The number of nitrogens with zero attached hydrogens (tertiary/aromatic N) is 2. The molecular formula is C14H22N4O2. The Morgan fingerprint density at radius 1 is 1.35 bits per heavy atom. The van der Waals surface area contributed by atoms with Gasteiger partial charge in [-0.3, -0.25) is 16.0 Å². The van der Waals surface area contributed by atoms with Gasteiger partial charge in [-0.15, -0.1) is 0 Å². The van der Waals surface area contributed by atoms with E-state index in [-0.39, 0.29) is 10.6 Å². The molecule has 0 spiro atoms. The first kappa shape index (κ1) is 14.6. The Kier molecular flexibility index (Phi) is 4.44. The van der Waals surface area contributed by atoms with Gasteiger partial charge >= 0.3 is 5.69 Å². The monoisotopic (exact) mass is 278 g/mol. The predicted molar refractivity (Wildman–Crippen MR) is 80.7 cm³/mol. The summed E-state index contributed by atoms with van der Waals surface area (Å²) in [6.07, 6.45) is 4.51. The van der Waals surface area contributed by atoms with Crippen LogP contribution in [-0.2, 0) is 0 Å². The topological polar surface area (TPSA) is 84.4 Å². The van der Waals surface area contributed by atoms with E-state index < -0.39 is 0 Å². The Morgan fingerprint density at radius 2 is 2.00 bits per heavy atom. The molecule has 0 saturated heterocycles. The van der Waals surface area contributed by atoms with Crippen LogP contribution < -0.4 is 16.2 Å². The van der Waals surface area contributed by atoms with Gasteiger partial charge in [-0.1, -0.05) is 13.0 Å². The number of nitrogens with two attached hydrogens (primary N) is 1. The van der Waals surface area contributed by atoms with E-state index >= 15 is 0 Å². The van der Waals surface area contributed by atoms with Crippen molar-refractivity contribution in [2.75, 3.05) is 17.4 Å². The lowest BCUT2D eigenvalue weighted by Crippen LogP contribution is -2.35. The second-order valence-corrected chi connectivity index (χ2v) is 5.60. The van der Waals surface area contributed by atoms with Crippen LogP contribution >= 0.6 is 0 Å². The van der Waals surface area contributed by atoms with Crippen molar-refractivity contribution >= 4 is 17.1 Å². The van der Waals surface area contributed by atoms with Gasteiger partial charge in [0.2, 0.25) is 0 Å². The first-order valence-corrected chi connectivity index (χ1v) is 7.01. The number of para-hydroxylation sites is 1. The van der Waals surface area contributed by atoms with Crippen molar-refractivity contribution < 1.29 is 4.92 Å². The molecule has 6 nitrogen and oxygen atoms in total. The van der Waals surface area contributed by atoms with Crippen LogP contribution in [-0.4, -0.2) is 18.0 Å². The Bertz CT molecular complexity index is 484. The molecule has 0 aromatic heterocycles. The van der Waals surface area contributed by atoms with Gasteiger partial charge < -0.3 is 10.3 Å². The molecule has 6 heteroatoms. The van der Waals surface area contributed by atoms with Crippen LogP contribution in [0.4, 0.5) is 17.1 Å². The molecule has 1 aliphatic rings. The fourth-order valence-electron chi connectivity index (χ4n) is 2.95. The van der Waals surface area contributed by atoms with Gasteiger partial charge in [0, 0.05) is 13.1 Å². The van der Waals surface area contributed by atoms with Crippen molar-refractivity contribution in [2.24, 2.45) is 11.8 Å². The summed E-state index contributed by atoms with van der Waals surface area (Å²) in [6, 6.07) is 5.56. The lowest BCUT2D eigenvalue weighted by atomic mass is 9.86. The molecule has 20 heavy (non-hydrogen) atoms. The summed E-state index contributed by atoms with van der Waals surface area (Å²) in [5.74, 6) is 6.14. The third-order valence-corrected chi connectivity index (χ3v) is 4.27. The molecular weight excluding hydrogens is 256 g/mol. The molecule has 1 fully saturated rings. The van der Waals surface area contributed by atoms with E-state index in [2.05, 4.69) is 12.3 Å². The van der Waals surface area contributed by atoms with E-state index in [0.29, 0.717) is 17.4 Å². The molecule has 2 rings (SSSR count). The highest BCUT2D eigenvalue weighted by atomic mass is 16.6. The molecule has 0 atom stereocenters. The number of hydrogen-bond donors (Lipinski definition) is 2. The molecule has 0 amide bonds. The van der Waals surface area contributed by atoms with Crippen LogP contribution in [0, 0.1) is 16.0 Å². The summed E-state index contributed by atoms with van der Waals surface area (Å²) in [4.78, 5) is 13.0. The summed E-state index contributed by atoms with van der Waals surface area (Å²) in [5.41, 5.74) is 3.45. The van der Waals surface area contributed by atoms with Crippen LogP contribution in [0.5, 0.6) is 0 Å².